The van der Waals surface area contributed by atoms with Gasteiger partial charge in [-0.15, -0.1) is 0 Å². The zero-order valence-electron chi connectivity index (χ0n) is 15.6. The highest BCUT2D eigenvalue weighted by atomic mass is 32.2. The van der Waals surface area contributed by atoms with Gasteiger partial charge in [0.05, 0.1) is 11.1 Å². The highest BCUT2D eigenvalue weighted by Gasteiger charge is 2.33. The number of aromatic nitrogens is 3. The highest BCUT2D eigenvalue weighted by Crippen LogP contribution is 2.31. The van der Waals surface area contributed by atoms with Crippen molar-refractivity contribution in [1.82, 2.24) is 19.1 Å². The van der Waals surface area contributed by atoms with E-state index in [-0.39, 0.29) is 6.54 Å². The molecule has 3 heterocycles. The Balaban J connectivity index is 1.69. The molecule has 1 aliphatic rings. The zero-order valence-corrected chi connectivity index (χ0v) is 16.5. The van der Waals surface area contributed by atoms with E-state index in [4.69, 9.17) is 4.42 Å². The highest BCUT2D eigenvalue weighted by molar-refractivity contribution is 7.89. The number of aryl methyl sites for hydroxylation is 3. The molecule has 0 amide bonds. The van der Waals surface area contributed by atoms with E-state index in [9.17, 15) is 8.42 Å². The summed E-state index contributed by atoms with van der Waals surface area (Å²) in [6, 6.07) is 7.11. The maximum atomic E-state index is 13.1. The quantitative estimate of drug-likeness (QED) is 0.689. The number of nitrogens with zero attached hydrogens (tertiary/aromatic N) is 4. The molecule has 8 heteroatoms. The van der Waals surface area contributed by atoms with Crippen LogP contribution in [0, 0.1) is 6.92 Å². The van der Waals surface area contributed by atoms with Crippen LogP contribution in [0.2, 0.25) is 0 Å². The minimum atomic E-state index is -3.57. The van der Waals surface area contributed by atoms with Crippen molar-refractivity contribution in [2.75, 3.05) is 6.54 Å². The fourth-order valence-corrected chi connectivity index (χ4v) is 4.86. The van der Waals surface area contributed by atoms with Gasteiger partial charge in [-0.2, -0.15) is 9.40 Å². The number of hydrogen-bond donors (Lipinski definition) is 0. The molecule has 142 valence electrons. The van der Waals surface area contributed by atoms with Crippen LogP contribution in [0.5, 0.6) is 0 Å². The maximum absolute atomic E-state index is 13.1. The summed E-state index contributed by atoms with van der Waals surface area (Å²) in [5, 5.41) is 4.53. The van der Waals surface area contributed by atoms with Crippen LogP contribution in [-0.2, 0) is 36.5 Å². The summed E-state index contributed by atoms with van der Waals surface area (Å²) in [5.41, 5.74) is 3.61. The number of oxazole rings is 1. The van der Waals surface area contributed by atoms with E-state index in [1.165, 1.54) is 4.31 Å². The van der Waals surface area contributed by atoms with Crippen LogP contribution in [0.25, 0.3) is 11.6 Å². The first-order chi connectivity index (χ1) is 12.9. The summed E-state index contributed by atoms with van der Waals surface area (Å²) in [6.45, 7) is 4.55. The Bertz CT molecular complexity index is 1080. The summed E-state index contributed by atoms with van der Waals surface area (Å²) < 4.78 is 35.2. The first-order valence-corrected chi connectivity index (χ1v) is 10.4. The molecule has 2 aromatic heterocycles. The van der Waals surface area contributed by atoms with Gasteiger partial charge >= 0.3 is 0 Å². The van der Waals surface area contributed by atoms with Crippen molar-refractivity contribution < 1.29 is 12.8 Å². The first kappa shape index (κ1) is 17.9. The largest absolute Gasteiger partial charge is 0.440 e. The Morgan fingerprint density at radius 1 is 1.22 bits per heavy atom. The summed E-state index contributed by atoms with van der Waals surface area (Å²) in [4.78, 5) is 4.58. The van der Waals surface area contributed by atoms with Crippen LogP contribution < -0.4 is 0 Å². The fourth-order valence-electron chi connectivity index (χ4n) is 3.45. The molecule has 1 aliphatic heterocycles. The average molecular weight is 386 g/mol. The van der Waals surface area contributed by atoms with E-state index in [0.29, 0.717) is 35.2 Å². The molecular formula is C19H22N4O3S. The molecule has 0 radical (unpaired) electrons. The fraction of sp³-hybridized carbons (Fsp3) is 0.368. The van der Waals surface area contributed by atoms with E-state index in [1.54, 1.807) is 23.0 Å². The van der Waals surface area contributed by atoms with Crippen LogP contribution in [0.15, 0.2) is 39.8 Å². The standard InChI is InChI=1S/C19H22N4O3S/c1-4-14-5-7-15(8-6-14)27(24,25)23-10-9-17-16(12-23)18(21-22(17)3)19-20-11-13(2)26-19/h5-8,11H,4,9-10,12H2,1-3H3. The van der Waals surface area contributed by atoms with Crippen molar-refractivity contribution in [1.29, 1.82) is 0 Å². The van der Waals surface area contributed by atoms with Gasteiger partial charge < -0.3 is 4.42 Å². The SMILES string of the molecule is CCc1ccc(S(=O)(=O)N2CCc3c(c(-c4ncc(C)o4)nn3C)C2)cc1. The van der Waals surface area contributed by atoms with Gasteiger partial charge in [0.25, 0.3) is 0 Å². The molecule has 7 nitrogen and oxygen atoms in total. The summed E-state index contributed by atoms with van der Waals surface area (Å²) >= 11 is 0. The topological polar surface area (TPSA) is 81.2 Å². The number of benzene rings is 1. The Morgan fingerprint density at radius 2 is 1.96 bits per heavy atom. The first-order valence-electron chi connectivity index (χ1n) is 8.96. The Hall–Kier alpha value is -2.45. The van der Waals surface area contributed by atoms with Crippen molar-refractivity contribution in [3.8, 4) is 11.6 Å². The van der Waals surface area contributed by atoms with E-state index >= 15 is 0 Å². The predicted molar refractivity (Wildman–Crippen MR) is 101 cm³/mol. The van der Waals surface area contributed by atoms with Crippen LogP contribution in [0.1, 0.15) is 29.5 Å². The van der Waals surface area contributed by atoms with E-state index in [1.807, 2.05) is 33.0 Å². The number of fused-ring (bicyclic) bond motifs is 1. The molecule has 3 aromatic rings. The number of hydrogen-bond acceptors (Lipinski definition) is 5. The lowest BCUT2D eigenvalue weighted by Gasteiger charge is -2.26. The van der Waals surface area contributed by atoms with E-state index in [2.05, 4.69) is 10.1 Å². The number of rotatable bonds is 4. The predicted octanol–water partition coefficient (Wildman–Crippen LogP) is 2.69. The zero-order chi connectivity index (χ0) is 19.2. The second kappa shape index (κ2) is 6.61. The molecule has 0 unspecified atom stereocenters. The Morgan fingerprint density at radius 3 is 2.59 bits per heavy atom. The molecular weight excluding hydrogens is 364 g/mol. The van der Waals surface area contributed by atoms with Crippen molar-refractivity contribution >= 4 is 10.0 Å². The molecule has 0 N–H and O–H groups in total. The average Bonchev–Trinajstić information content (AvgIpc) is 3.25. The Kier molecular flexibility index (Phi) is 4.39. The molecule has 0 saturated heterocycles. The van der Waals surface area contributed by atoms with Gasteiger partial charge in [0.1, 0.15) is 5.76 Å². The van der Waals surface area contributed by atoms with E-state index < -0.39 is 10.0 Å². The monoisotopic (exact) mass is 386 g/mol. The van der Waals surface area contributed by atoms with Crippen molar-refractivity contribution in [3.05, 3.63) is 53.0 Å². The van der Waals surface area contributed by atoms with Crippen LogP contribution in [0.4, 0.5) is 0 Å². The molecule has 0 aliphatic carbocycles. The van der Waals surface area contributed by atoms with Crippen molar-refractivity contribution in [2.45, 2.75) is 38.1 Å². The third kappa shape index (κ3) is 3.08. The minimum absolute atomic E-state index is 0.262. The maximum Gasteiger partial charge on any atom is 0.247 e. The van der Waals surface area contributed by atoms with Crippen LogP contribution in [0.3, 0.4) is 0 Å². The molecule has 0 bridgehead atoms. The second-order valence-corrected chi connectivity index (χ2v) is 8.70. The van der Waals surface area contributed by atoms with Gasteiger partial charge in [0, 0.05) is 37.8 Å². The molecule has 4 rings (SSSR count). The third-order valence-electron chi connectivity index (χ3n) is 5.00. The van der Waals surface area contributed by atoms with E-state index in [0.717, 1.165) is 23.2 Å². The van der Waals surface area contributed by atoms with Crippen molar-refractivity contribution in [2.24, 2.45) is 7.05 Å². The summed E-state index contributed by atoms with van der Waals surface area (Å²) in [6.07, 6.45) is 3.12. The second-order valence-electron chi connectivity index (χ2n) is 6.76. The van der Waals surface area contributed by atoms with Gasteiger partial charge in [-0.25, -0.2) is 13.4 Å². The summed E-state index contributed by atoms with van der Waals surface area (Å²) in [5.74, 6) is 1.12. The minimum Gasteiger partial charge on any atom is -0.440 e. The summed E-state index contributed by atoms with van der Waals surface area (Å²) in [7, 11) is -1.70. The lowest BCUT2D eigenvalue weighted by molar-refractivity contribution is 0.386. The molecule has 27 heavy (non-hydrogen) atoms. The third-order valence-corrected chi connectivity index (χ3v) is 6.86. The molecule has 0 saturated carbocycles. The van der Waals surface area contributed by atoms with Crippen LogP contribution in [-0.4, -0.2) is 34.0 Å². The Labute approximate surface area is 158 Å². The molecule has 0 atom stereocenters. The van der Waals surface area contributed by atoms with Crippen LogP contribution >= 0.6 is 0 Å². The lowest BCUT2D eigenvalue weighted by atomic mass is 10.1. The molecule has 1 aromatic carbocycles. The molecule has 0 spiro atoms. The van der Waals surface area contributed by atoms with Gasteiger partial charge in [-0.3, -0.25) is 4.68 Å². The van der Waals surface area contributed by atoms with Gasteiger partial charge in [-0.05, 0) is 31.0 Å². The van der Waals surface area contributed by atoms with Gasteiger partial charge in [0.15, 0.2) is 5.69 Å². The van der Waals surface area contributed by atoms with Gasteiger partial charge in [0.2, 0.25) is 15.9 Å². The van der Waals surface area contributed by atoms with Crippen molar-refractivity contribution in [3.63, 3.8) is 0 Å². The van der Waals surface area contributed by atoms with Gasteiger partial charge in [-0.1, -0.05) is 19.1 Å². The normalized spacial score (nSPS) is 15.1. The smallest absolute Gasteiger partial charge is 0.247 e. The number of sulfonamides is 1. The molecule has 0 fully saturated rings. The lowest BCUT2D eigenvalue weighted by Crippen LogP contribution is -2.36.